The number of aryl methyl sites for hydroxylation is 1. The second-order valence-electron chi connectivity index (χ2n) is 9.20. The van der Waals surface area contributed by atoms with Crippen LogP contribution in [-0.2, 0) is 21.0 Å². The summed E-state index contributed by atoms with van der Waals surface area (Å²) >= 11 is 0. The Balaban J connectivity index is 1.62. The Morgan fingerprint density at radius 1 is 1.03 bits per heavy atom. The molecule has 2 aromatic heterocycles. The van der Waals surface area contributed by atoms with Crippen molar-refractivity contribution < 1.29 is 31.5 Å². The van der Waals surface area contributed by atoms with E-state index in [1.165, 1.54) is 18.2 Å². The van der Waals surface area contributed by atoms with Gasteiger partial charge < -0.3 is 10.0 Å². The molecule has 1 saturated heterocycles. The minimum atomic E-state index is -4.69. The van der Waals surface area contributed by atoms with E-state index in [1.54, 1.807) is 43.0 Å². The molecule has 0 unspecified atom stereocenters. The van der Waals surface area contributed by atoms with Crippen LogP contribution in [0.3, 0.4) is 0 Å². The summed E-state index contributed by atoms with van der Waals surface area (Å²) in [4.78, 5) is 21.5. The van der Waals surface area contributed by atoms with Gasteiger partial charge in [0.1, 0.15) is 11.6 Å². The van der Waals surface area contributed by atoms with Crippen LogP contribution >= 0.6 is 0 Å². The largest absolute Gasteiger partial charge is 0.481 e. The molecule has 0 spiro atoms. The number of sulfonamides is 1. The van der Waals surface area contributed by atoms with Crippen molar-refractivity contribution in [3.8, 4) is 11.3 Å². The second-order valence-corrected chi connectivity index (χ2v) is 10.8. The lowest BCUT2D eigenvalue weighted by molar-refractivity contribution is -0.149. The number of aromatic nitrogens is 2. The highest BCUT2D eigenvalue weighted by atomic mass is 32.2. The molecule has 1 aliphatic rings. The first-order valence-electron chi connectivity index (χ1n) is 11.4. The summed E-state index contributed by atoms with van der Waals surface area (Å²) in [5, 5.41) is 9.09. The molecule has 1 aliphatic heterocycles. The molecule has 12 heteroatoms. The zero-order valence-corrected chi connectivity index (χ0v) is 20.9. The number of pyridine rings is 2. The number of rotatable bonds is 6. The number of carbonyl (C=O) groups is 1. The fraction of sp³-hybridized carbons (Fsp3) is 0.320. The van der Waals surface area contributed by atoms with Gasteiger partial charge in [-0.15, -0.1) is 0 Å². The van der Waals surface area contributed by atoms with E-state index in [-0.39, 0.29) is 22.1 Å². The van der Waals surface area contributed by atoms with Gasteiger partial charge >= 0.3 is 12.1 Å². The fourth-order valence-electron chi connectivity index (χ4n) is 4.15. The third kappa shape index (κ3) is 5.53. The zero-order chi connectivity index (χ0) is 27.0. The number of halogens is 3. The van der Waals surface area contributed by atoms with E-state index in [0.717, 1.165) is 12.1 Å². The number of hydrogen-bond donors (Lipinski definition) is 2. The third-order valence-corrected chi connectivity index (χ3v) is 7.79. The van der Waals surface area contributed by atoms with E-state index in [0.29, 0.717) is 37.3 Å². The molecule has 0 saturated carbocycles. The molecule has 1 aromatic carbocycles. The minimum absolute atomic E-state index is 0.231. The molecule has 0 amide bonds. The Hall–Kier alpha value is -3.67. The predicted molar refractivity (Wildman–Crippen MR) is 132 cm³/mol. The minimum Gasteiger partial charge on any atom is -0.481 e. The van der Waals surface area contributed by atoms with Crippen LogP contribution in [0.15, 0.2) is 59.6 Å². The van der Waals surface area contributed by atoms with Crippen molar-refractivity contribution in [2.45, 2.75) is 37.9 Å². The van der Waals surface area contributed by atoms with E-state index in [9.17, 15) is 31.5 Å². The maximum atomic E-state index is 13.7. The summed E-state index contributed by atoms with van der Waals surface area (Å²) in [6.45, 7) is 4.08. The van der Waals surface area contributed by atoms with Crippen LogP contribution in [0.1, 0.15) is 30.9 Å². The van der Waals surface area contributed by atoms with Gasteiger partial charge in [0.15, 0.2) is 5.03 Å². The Bertz CT molecular complexity index is 1440. The number of alkyl halides is 3. The Labute approximate surface area is 212 Å². The summed E-state index contributed by atoms with van der Waals surface area (Å²) < 4.78 is 69.5. The van der Waals surface area contributed by atoms with Crippen LogP contribution in [-0.4, -0.2) is 42.6 Å². The van der Waals surface area contributed by atoms with Crippen LogP contribution < -0.4 is 9.62 Å². The van der Waals surface area contributed by atoms with Crippen LogP contribution in [0.2, 0.25) is 0 Å². The molecule has 3 aromatic rings. The third-order valence-electron chi connectivity index (χ3n) is 6.53. The second kappa shape index (κ2) is 9.66. The first kappa shape index (κ1) is 26.4. The monoisotopic (exact) mass is 534 g/mol. The van der Waals surface area contributed by atoms with Crippen LogP contribution in [0.4, 0.5) is 24.8 Å². The average molecular weight is 535 g/mol. The summed E-state index contributed by atoms with van der Waals surface area (Å²) in [5.41, 5.74) is -1.44. The van der Waals surface area contributed by atoms with E-state index in [1.807, 2.05) is 0 Å². The topological polar surface area (TPSA) is 112 Å². The van der Waals surface area contributed by atoms with Gasteiger partial charge in [0.25, 0.3) is 10.0 Å². The molecule has 196 valence electrons. The quantitative estimate of drug-likeness (QED) is 0.460. The molecular formula is C25H25F3N4O4S. The standard InChI is InChI=1S/C25H25F3N4O4S/c1-16-6-3-4-7-17(16)22-18(25(26,27)28)10-11-19(29-22)31-37(35,36)21-9-5-8-20(30-21)32-14-12-24(2,13-15-32)23(33)34/h3-11H,12-15H2,1-2H3,(H,29,31)(H,33,34). The SMILES string of the molecule is Cc1ccccc1-c1nc(NS(=O)(=O)c2cccc(N3CCC(C)(C(=O)O)CC3)n2)ccc1C(F)(F)F. The highest BCUT2D eigenvalue weighted by Gasteiger charge is 2.38. The molecule has 0 radical (unpaired) electrons. The summed E-state index contributed by atoms with van der Waals surface area (Å²) in [7, 11) is -4.29. The van der Waals surface area contributed by atoms with Gasteiger partial charge in [-0.2, -0.15) is 21.6 Å². The number of nitrogens with zero attached hydrogens (tertiary/aromatic N) is 3. The number of carboxylic acids is 1. The average Bonchev–Trinajstić information content (AvgIpc) is 2.84. The van der Waals surface area contributed by atoms with Gasteiger partial charge in [0.05, 0.1) is 16.7 Å². The summed E-state index contributed by atoms with van der Waals surface area (Å²) in [6.07, 6.45) is -3.95. The van der Waals surface area contributed by atoms with Gasteiger partial charge in [-0.3, -0.25) is 9.52 Å². The Kier molecular flexibility index (Phi) is 6.89. The van der Waals surface area contributed by atoms with Gasteiger partial charge in [0.2, 0.25) is 0 Å². The maximum Gasteiger partial charge on any atom is 0.418 e. The number of benzene rings is 1. The van der Waals surface area contributed by atoms with Crippen molar-refractivity contribution in [3.05, 3.63) is 65.7 Å². The molecule has 0 aliphatic carbocycles. The fourth-order valence-corrected chi connectivity index (χ4v) is 5.12. The molecule has 3 heterocycles. The normalized spacial score (nSPS) is 15.9. The van der Waals surface area contributed by atoms with E-state index >= 15 is 0 Å². The van der Waals surface area contributed by atoms with Gasteiger partial charge in [-0.05, 0) is 56.5 Å². The zero-order valence-electron chi connectivity index (χ0n) is 20.1. The van der Waals surface area contributed by atoms with Crippen molar-refractivity contribution in [1.29, 1.82) is 0 Å². The van der Waals surface area contributed by atoms with Crippen molar-refractivity contribution >= 4 is 27.6 Å². The van der Waals surface area contributed by atoms with Gasteiger partial charge in [-0.25, -0.2) is 9.97 Å². The number of piperidine rings is 1. The molecule has 2 N–H and O–H groups in total. The number of anilines is 2. The van der Waals surface area contributed by atoms with Crippen LogP contribution in [0.25, 0.3) is 11.3 Å². The number of aliphatic carboxylic acids is 1. The first-order valence-corrected chi connectivity index (χ1v) is 12.9. The van der Waals surface area contributed by atoms with Crippen LogP contribution in [0, 0.1) is 12.3 Å². The Morgan fingerprint density at radius 2 is 1.70 bits per heavy atom. The van der Waals surface area contributed by atoms with Crippen LogP contribution in [0.5, 0.6) is 0 Å². The molecular weight excluding hydrogens is 509 g/mol. The highest BCUT2D eigenvalue weighted by molar-refractivity contribution is 7.92. The van der Waals surface area contributed by atoms with Crippen molar-refractivity contribution in [1.82, 2.24) is 9.97 Å². The van der Waals surface area contributed by atoms with Gasteiger partial charge in [-0.1, -0.05) is 30.3 Å². The van der Waals surface area contributed by atoms with E-state index in [2.05, 4.69) is 14.7 Å². The van der Waals surface area contributed by atoms with Gasteiger partial charge in [0, 0.05) is 18.7 Å². The maximum absolute atomic E-state index is 13.7. The van der Waals surface area contributed by atoms with Crippen molar-refractivity contribution in [2.24, 2.45) is 5.41 Å². The van der Waals surface area contributed by atoms with Crippen molar-refractivity contribution in [2.75, 3.05) is 22.7 Å². The lowest BCUT2D eigenvalue weighted by Crippen LogP contribution is -2.43. The van der Waals surface area contributed by atoms with Crippen molar-refractivity contribution in [3.63, 3.8) is 0 Å². The highest BCUT2D eigenvalue weighted by Crippen LogP contribution is 2.38. The number of hydrogen-bond acceptors (Lipinski definition) is 6. The molecule has 37 heavy (non-hydrogen) atoms. The molecule has 1 fully saturated rings. The molecule has 0 bridgehead atoms. The molecule has 0 atom stereocenters. The predicted octanol–water partition coefficient (Wildman–Crippen LogP) is 4.96. The smallest absolute Gasteiger partial charge is 0.418 e. The van der Waals surface area contributed by atoms with E-state index < -0.39 is 33.1 Å². The lowest BCUT2D eigenvalue weighted by atomic mass is 9.80. The summed E-state index contributed by atoms with van der Waals surface area (Å²) in [5.74, 6) is -0.806. The molecule has 4 rings (SSSR count). The first-order chi connectivity index (χ1) is 17.3. The Morgan fingerprint density at radius 3 is 2.32 bits per heavy atom. The summed E-state index contributed by atoms with van der Waals surface area (Å²) in [6, 6.07) is 12.5. The lowest BCUT2D eigenvalue weighted by Gasteiger charge is -2.37. The number of carboxylic acid groups (broad SMARTS) is 1. The molecule has 8 nitrogen and oxygen atoms in total. The van der Waals surface area contributed by atoms with E-state index in [4.69, 9.17) is 0 Å². The number of nitrogens with one attached hydrogen (secondary N) is 1.